The number of hydrogen-bond acceptors (Lipinski definition) is 5. The molecule has 1 fully saturated rings. The highest BCUT2D eigenvalue weighted by Gasteiger charge is 2.31. The molecule has 1 heterocycles. The summed E-state index contributed by atoms with van der Waals surface area (Å²) in [5, 5.41) is 2.79. The van der Waals surface area contributed by atoms with Gasteiger partial charge in [-0.25, -0.2) is 5.84 Å². The summed E-state index contributed by atoms with van der Waals surface area (Å²) >= 11 is 0. The lowest BCUT2D eigenvalue weighted by Crippen LogP contribution is -2.56. The SMILES string of the molecule is CCC(C)Oc1ccc(CN2CCNC(=O)C2CC(=O)NN)cc1. The normalized spacial score (nSPS) is 19.5. The van der Waals surface area contributed by atoms with Gasteiger partial charge in [-0.3, -0.25) is 19.9 Å². The molecule has 1 aromatic rings. The van der Waals surface area contributed by atoms with Crippen molar-refractivity contribution >= 4 is 11.8 Å². The zero-order valence-corrected chi connectivity index (χ0v) is 14.2. The van der Waals surface area contributed by atoms with Crippen LogP contribution in [0.4, 0.5) is 0 Å². The summed E-state index contributed by atoms with van der Waals surface area (Å²) in [7, 11) is 0. The highest BCUT2D eigenvalue weighted by atomic mass is 16.5. The molecule has 1 aliphatic rings. The Kier molecular flexibility index (Phi) is 6.57. The van der Waals surface area contributed by atoms with Gasteiger partial charge in [0, 0.05) is 19.6 Å². The van der Waals surface area contributed by atoms with Crippen LogP contribution in [0.1, 0.15) is 32.3 Å². The van der Waals surface area contributed by atoms with Gasteiger partial charge in [-0.15, -0.1) is 0 Å². The molecule has 2 rings (SSSR count). The predicted octanol–water partition coefficient (Wildman–Crippen LogP) is 0.544. The van der Waals surface area contributed by atoms with Crippen molar-refractivity contribution in [3.63, 3.8) is 0 Å². The molecule has 4 N–H and O–H groups in total. The van der Waals surface area contributed by atoms with Gasteiger partial charge in [0.15, 0.2) is 0 Å². The zero-order valence-electron chi connectivity index (χ0n) is 14.2. The number of carbonyl (C=O) groups is 2. The topological polar surface area (TPSA) is 96.7 Å². The molecular formula is C17H26N4O3. The second-order valence-electron chi connectivity index (χ2n) is 6.03. The van der Waals surface area contributed by atoms with Crippen molar-refractivity contribution < 1.29 is 14.3 Å². The van der Waals surface area contributed by atoms with E-state index in [1.807, 2.05) is 36.1 Å². The van der Waals surface area contributed by atoms with Gasteiger partial charge in [0.25, 0.3) is 0 Å². The van der Waals surface area contributed by atoms with Crippen LogP contribution in [0.3, 0.4) is 0 Å². The smallest absolute Gasteiger partial charge is 0.237 e. The fourth-order valence-corrected chi connectivity index (χ4v) is 2.63. The maximum Gasteiger partial charge on any atom is 0.237 e. The number of hydrazine groups is 1. The number of nitrogens with zero attached hydrogens (tertiary/aromatic N) is 1. The standard InChI is InChI=1S/C17H26N4O3/c1-3-12(2)24-14-6-4-13(5-7-14)11-21-9-8-19-17(23)15(21)10-16(22)20-18/h4-7,12,15H,3,8-11,18H2,1-2H3,(H,19,23)(H,20,22). The first kappa shape index (κ1) is 18.2. The first-order valence-electron chi connectivity index (χ1n) is 8.30. The lowest BCUT2D eigenvalue weighted by Gasteiger charge is -2.34. The van der Waals surface area contributed by atoms with Crippen molar-refractivity contribution in [1.29, 1.82) is 0 Å². The van der Waals surface area contributed by atoms with Gasteiger partial charge in [0.2, 0.25) is 11.8 Å². The lowest BCUT2D eigenvalue weighted by molar-refractivity contribution is -0.134. The number of carbonyl (C=O) groups excluding carboxylic acids is 2. The van der Waals surface area contributed by atoms with Crippen LogP contribution in [0.2, 0.25) is 0 Å². The van der Waals surface area contributed by atoms with Crippen LogP contribution in [0.15, 0.2) is 24.3 Å². The molecule has 0 aliphatic carbocycles. The van der Waals surface area contributed by atoms with E-state index >= 15 is 0 Å². The molecule has 0 spiro atoms. The summed E-state index contributed by atoms with van der Waals surface area (Å²) in [5.41, 5.74) is 3.16. The molecule has 1 saturated heterocycles. The lowest BCUT2D eigenvalue weighted by atomic mass is 10.1. The van der Waals surface area contributed by atoms with Gasteiger partial charge in [0.05, 0.1) is 18.6 Å². The molecule has 0 aromatic heterocycles. The van der Waals surface area contributed by atoms with E-state index in [0.29, 0.717) is 19.6 Å². The van der Waals surface area contributed by atoms with Gasteiger partial charge in [0.1, 0.15) is 5.75 Å². The summed E-state index contributed by atoms with van der Waals surface area (Å²) in [4.78, 5) is 25.6. The van der Waals surface area contributed by atoms with E-state index in [2.05, 4.69) is 17.7 Å². The minimum Gasteiger partial charge on any atom is -0.491 e. The maximum absolute atomic E-state index is 12.1. The number of nitrogens with one attached hydrogen (secondary N) is 2. The summed E-state index contributed by atoms with van der Waals surface area (Å²) in [6.07, 6.45) is 1.19. The second-order valence-corrected chi connectivity index (χ2v) is 6.03. The molecule has 24 heavy (non-hydrogen) atoms. The van der Waals surface area contributed by atoms with Crippen LogP contribution in [0.5, 0.6) is 5.75 Å². The number of ether oxygens (including phenoxy) is 1. The highest BCUT2D eigenvalue weighted by Crippen LogP contribution is 2.18. The monoisotopic (exact) mass is 334 g/mol. The average Bonchev–Trinajstić information content (AvgIpc) is 2.59. The van der Waals surface area contributed by atoms with Crippen LogP contribution >= 0.6 is 0 Å². The van der Waals surface area contributed by atoms with E-state index in [9.17, 15) is 9.59 Å². The van der Waals surface area contributed by atoms with E-state index in [0.717, 1.165) is 17.7 Å². The Labute approximate surface area is 142 Å². The number of hydrogen-bond donors (Lipinski definition) is 3. The molecule has 0 bridgehead atoms. The van der Waals surface area contributed by atoms with E-state index in [1.54, 1.807) is 0 Å². The van der Waals surface area contributed by atoms with E-state index in [-0.39, 0.29) is 24.3 Å². The van der Waals surface area contributed by atoms with Crippen LogP contribution in [0.25, 0.3) is 0 Å². The molecule has 132 valence electrons. The average molecular weight is 334 g/mol. The Bertz CT molecular complexity index is 561. The third-order valence-electron chi connectivity index (χ3n) is 4.20. The van der Waals surface area contributed by atoms with Crippen molar-refractivity contribution in [3.8, 4) is 5.75 Å². The Morgan fingerprint density at radius 1 is 1.46 bits per heavy atom. The maximum atomic E-state index is 12.1. The molecule has 0 radical (unpaired) electrons. The number of piperazine rings is 1. The van der Waals surface area contributed by atoms with Crippen molar-refractivity contribution in [2.24, 2.45) is 5.84 Å². The number of amides is 2. The van der Waals surface area contributed by atoms with Gasteiger partial charge >= 0.3 is 0 Å². The molecule has 2 unspecified atom stereocenters. The Morgan fingerprint density at radius 3 is 2.79 bits per heavy atom. The molecular weight excluding hydrogens is 308 g/mol. The number of nitrogens with two attached hydrogens (primary N) is 1. The van der Waals surface area contributed by atoms with E-state index in [4.69, 9.17) is 10.6 Å². The van der Waals surface area contributed by atoms with Crippen molar-refractivity contribution in [3.05, 3.63) is 29.8 Å². The fraction of sp³-hybridized carbons (Fsp3) is 0.529. The molecule has 1 aliphatic heterocycles. The third-order valence-corrected chi connectivity index (χ3v) is 4.20. The molecule has 7 heteroatoms. The van der Waals surface area contributed by atoms with Crippen molar-refractivity contribution in [2.75, 3.05) is 13.1 Å². The van der Waals surface area contributed by atoms with Gasteiger partial charge < -0.3 is 10.1 Å². The quantitative estimate of drug-likeness (QED) is 0.384. The highest BCUT2D eigenvalue weighted by molar-refractivity contribution is 5.88. The number of rotatable bonds is 7. The number of benzene rings is 1. The van der Waals surface area contributed by atoms with E-state index < -0.39 is 6.04 Å². The third kappa shape index (κ3) is 4.94. The van der Waals surface area contributed by atoms with Crippen LogP contribution in [-0.4, -0.2) is 41.9 Å². The van der Waals surface area contributed by atoms with Crippen LogP contribution < -0.4 is 21.3 Å². The Balaban J connectivity index is 2.01. The minimum atomic E-state index is -0.502. The molecule has 2 atom stereocenters. The first-order valence-corrected chi connectivity index (χ1v) is 8.30. The predicted molar refractivity (Wildman–Crippen MR) is 91.0 cm³/mol. The summed E-state index contributed by atoms with van der Waals surface area (Å²) < 4.78 is 5.77. The largest absolute Gasteiger partial charge is 0.491 e. The van der Waals surface area contributed by atoms with Crippen molar-refractivity contribution in [1.82, 2.24) is 15.6 Å². The molecule has 2 amide bonds. The van der Waals surface area contributed by atoms with E-state index in [1.165, 1.54) is 0 Å². The summed E-state index contributed by atoms with van der Waals surface area (Å²) in [6, 6.07) is 7.35. The Morgan fingerprint density at radius 2 is 2.17 bits per heavy atom. The van der Waals surface area contributed by atoms with Gasteiger partial charge in [-0.2, -0.15) is 0 Å². The first-order chi connectivity index (χ1) is 11.5. The minimum absolute atomic E-state index is 0.0531. The zero-order chi connectivity index (χ0) is 17.5. The second kappa shape index (κ2) is 8.65. The van der Waals surface area contributed by atoms with Crippen LogP contribution in [0, 0.1) is 0 Å². The van der Waals surface area contributed by atoms with Crippen molar-refractivity contribution in [2.45, 2.75) is 45.4 Å². The molecule has 1 aromatic carbocycles. The van der Waals surface area contributed by atoms with Gasteiger partial charge in [-0.05, 0) is 31.0 Å². The van der Waals surface area contributed by atoms with Gasteiger partial charge in [-0.1, -0.05) is 19.1 Å². The summed E-state index contributed by atoms with van der Waals surface area (Å²) in [5.74, 6) is 5.49. The van der Waals surface area contributed by atoms with Crippen LogP contribution in [-0.2, 0) is 16.1 Å². The summed E-state index contributed by atoms with van der Waals surface area (Å²) in [6.45, 7) is 5.99. The fourth-order valence-electron chi connectivity index (χ4n) is 2.63. The Hall–Kier alpha value is -2.12. The molecule has 0 saturated carbocycles. The molecule has 7 nitrogen and oxygen atoms in total.